The fourth-order valence-electron chi connectivity index (χ4n) is 1.61. The minimum atomic E-state index is -5.11. The largest absolute Gasteiger partial charge is 0.418 e. The minimum Gasteiger partial charge on any atom is -0.379 e. The number of halogens is 4. The summed E-state index contributed by atoms with van der Waals surface area (Å²) in [6, 6.07) is 1.76. The van der Waals surface area contributed by atoms with Crippen molar-refractivity contribution in [1.82, 2.24) is 4.72 Å². The van der Waals surface area contributed by atoms with Crippen molar-refractivity contribution in [2.24, 2.45) is 0 Å². The van der Waals surface area contributed by atoms with Crippen LogP contribution in [-0.2, 0) is 10.0 Å². The summed E-state index contributed by atoms with van der Waals surface area (Å²) in [5.41, 5.74) is -2.01. The van der Waals surface area contributed by atoms with Gasteiger partial charge in [0.15, 0.2) is 6.10 Å². The molecule has 0 aliphatic heterocycles. The van der Waals surface area contributed by atoms with Crippen LogP contribution in [0.2, 0.25) is 0 Å². The van der Waals surface area contributed by atoms with Gasteiger partial charge in [0, 0.05) is 11.1 Å². The molecule has 120 valence electrons. The molecule has 1 aromatic rings. The summed E-state index contributed by atoms with van der Waals surface area (Å²) < 4.78 is 77.2. The van der Waals surface area contributed by atoms with Crippen LogP contribution in [0, 0.1) is 5.82 Å². The zero-order chi connectivity index (χ0) is 16.6. The Morgan fingerprint density at radius 3 is 2.14 bits per heavy atom. The lowest BCUT2D eigenvalue weighted by atomic mass is 10.1. The molecule has 2 N–H and O–H groups in total. The van der Waals surface area contributed by atoms with Crippen LogP contribution >= 0.6 is 0 Å². The van der Waals surface area contributed by atoms with Gasteiger partial charge >= 0.3 is 6.18 Å². The summed E-state index contributed by atoms with van der Waals surface area (Å²) >= 11 is 0. The first-order chi connectivity index (χ1) is 9.24. The fourth-order valence-corrected chi connectivity index (χ4v) is 3.26. The van der Waals surface area contributed by atoms with Gasteiger partial charge in [-0.1, -0.05) is 0 Å². The van der Waals surface area contributed by atoms with Gasteiger partial charge in [0.1, 0.15) is 5.82 Å². The zero-order valence-electron chi connectivity index (χ0n) is 11.5. The molecule has 0 radical (unpaired) electrons. The summed E-state index contributed by atoms with van der Waals surface area (Å²) in [5.74, 6) is -1.08. The highest BCUT2D eigenvalue weighted by molar-refractivity contribution is 7.89. The molecule has 4 nitrogen and oxygen atoms in total. The Bertz CT molecular complexity index is 620. The second kappa shape index (κ2) is 5.54. The van der Waals surface area contributed by atoms with Crippen LogP contribution in [0.25, 0.3) is 0 Å². The quantitative estimate of drug-likeness (QED) is 0.838. The van der Waals surface area contributed by atoms with E-state index in [0.29, 0.717) is 18.2 Å². The van der Waals surface area contributed by atoms with E-state index in [1.54, 1.807) is 0 Å². The average Bonchev–Trinajstić information content (AvgIpc) is 2.22. The maximum Gasteiger partial charge on any atom is 0.418 e. The Labute approximate surface area is 119 Å². The summed E-state index contributed by atoms with van der Waals surface area (Å²) in [6.45, 7) is 4.48. The van der Waals surface area contributed by atoms with Gasteiger partial charge in [0.05, 0.1) is 4.90 Å². The van der Waals surface area contributed by atoms with Crippen molar-refractivity contribution in [2.75, 3.05) is 0 Å². The molecule has 1 rings (SSSR count). The summed E-state index contributed by atoms with van der Waals surface area (Å²) in [6.07, 6.45) is -8.21. The lowest BCUT2D eigenvalue weighted by Crippen LogP contribution is -2.41. The molecular formula is C12H15F4NO3S. The lowest BCUT2D eigenvalue weighted by Gasteiger charge is -2.23. The number of benzene rings is 1. The van der Waals surface area contributed by atoms with Gasteiger partial charge in [-0.05, 0) is 39.0 Å². The highest BCUT2D eigenvalue weighted by Gasteiger charge is 2.42. The predicted molar refractivity (Wildman–Crippen MR) is 67.5 cm³/mol. The van der Waals surface area contributed by atoms with E-state index in [9.17, 15) is 31.1 Å². The molecule has 0 aromatic heterocycles. The Morgan fingerprint density at radius 2 is 1.71 bits per heavy atom. The number of hydrogen-bond donors (Lipinski definition) is 2. The maximum absolute atomic E-state index is 13.1. The number of aliphatic hydroxyl groups is 1. The van der Waals surface area contributed by atoms with Crippen LogP contribution in [0.4, 0.5) is 17.6 Å². The molecule has 0 bridgehead atoms. The Balaban J connectivity index is 3.45. The molecule has 0 heterocycles. The van der Waals surface area contributed by atoms with Gasteiger partial charge in [-0.3, -0.25) is 0 Å². The van der Waals surface area contributed by atoms with Crippen molar-refractivity contribution in [3.05, 3.63) is 29.6 Å². The number of sulfonamides is 1. The van der Waals surface area contributed by atoms with Gasteiger partial charge in [-0.2, -0.15) is 13.2 Å². The van der Waals surface area contributed by atoms with E-state index in [2.05, 4.69) is 4.72 Å². The molecule has 0 amide bonds. The number of nitrogens with one attached hydrogen (secondary N) is 1. The highest BCUT2D eigenvalue weighted by atomic mass is 32.2. The van der Waals surface area contributed by atoms with E-state index < -0.39 is 44.1 Å². The van der Waals surface area contributed by atoms with Crippen LogP contribution in [0.15, 0.2) is 23.1 Å². The Hall–Kier alpha value is -1.19. The average molecular weight is 329 g/mol. The van der Waals surface area contributed by atoms with E-state index in [-0.39, 0.29) is 0 Å². The third-order valence-electron chi connectivity index (χ3n) is 2.31. The molecule has 0 saturated heterocycles. The molecule has 0 saturated carbocycles. The molecule has 0 aliphatic rings. The number of hydrogen-bond acceptors (Lipinski definition) is 3. The van der Waals surface area contributed by atoms with Crippen LogP contribution in [-0.4, -0.2) is 25.2 Å². The summed E-state index contributed by atoms with van der Waals surface area (Å²) in [4.78, 5) is -0.816. The second-order valence-corrected chi connectivity index (χ2v) is 7.13. The first-order valence-corrected chi connectivity index (χ1v) is 7.30. The Kier molecular flexibility index (Phi) is 4.71. The van der Waals surface area contributed by atoms with Crippen molar-refractivity contribution in [3.63, 3.8) is 0 Å². The standard InChI is InChI=1S/C12H15F4NO3S/c1-11(2,3)17-21(19,20)9-5-4-7(13)6-8(9)10(18)12(14,15)16/h4-6,10,17-18H,1-3H3. The molecule has 0 spiro atoms. The summed E-state index contributed by atoms with van der Waals surface area (Å²) in [5, 5.41) is 9.24. The van der Waals surface area contributed by atoms with E-state index >= 15 is 0 Å². The third-order valence-corrected chi connectivity index (χ3v) is 4.14. The predicted octanol–water partition coefficient (Wildman–Crippen LogP) is 2.50. The molecule has 1 atom stereocenters. The van der Waals surface area contributed by atoms with Crippen molar-refractivity contribution >= 4 is 10.0 Å². The summed E-state index contributed by atoms with van der Waals surface area (Å²) in [7, 11) is -4.35. The first-order valence-electron chi connectivity index (χ1n) is 5.82. The Morgan fingerprint density at radius 1 is 1.19 bits per heavy atom. The molecule has 1 unspecified atom stereocenters. The highest BCUT2D eigenvalue weighted by Crippen LogP contribution is 2.36. The van der Waals surface area contributed by atoms with Gasteiger partial charge in [-0.25, -0.2) is 17.5 Å². The van der Waals surface area contributed by atoms with E-state index in [1.165, 1.54) is 20.8 Å². The van der Waals surface area contributed by atoms with Crippen molar-refractivity contribution < 1.29 is 31.1 Å². The SMILES string of the molecule is CC(C)(C)NS(=O)(=O)c1ccc(F)cc1C(O)C(F)(F)F. The van der Waals surface area contributed by atoms with Crippen LogP contribution in [0.1, 0.15) is 32.4 Å². The first kappa shape index (κ1) is 17.9. The molecule has 0 fully saturated rings. The molecule has 0 aliphatic carbocycles. The van der Waals surface area contributed by atoms with Crippen LogP contribution < -0.4 is 4.72 Å². The van der Waals surface area contributed by atoms with Crippen molar-refractivity contribution in [2.45, 2.75) is 43.5 Å². The van der Waals surface area contributed by atoms with Crippen molar-refractivity contribution in [1.29, 1.82) is 0 Å². The van der Waals surface area contributed by atoms with Gasteiger partial charge < -0.3 is 5.11 Å². The normalized spacial score (nSPS) is 15.0. The topological polar surface area (TPSA) is 66.4 Å². The van der Waals surface area contributed by atoms with Gasteiger partial charge in [0.2, 0.25) is 10.0 Å². The van der Waals surface area contributed by atoms with Crippen LogP contribution in [0.3, 0.4) is 0 Å². The fraction of sp³-hybridized carbons (Fsp3) is 0.500. The smallest absolute Gasteiger partial charge is 0.379 e. The van der Waals surface area contributed by atoms with Gasteiger partial charge in [-0.15, -0.1) is 0 Å². The van der Waals surface area contributed by atoms with Crippen molar-refractivity contribution in [3.8, 4) is 0 Å². The zero-order valence-corrected chi connectivity index (χ0v) is 12.3. The molecular weight excluding hydrogens is 314 g/mol. The maximum atomic E-state index is 13.1. The number of rotatable bonds is 3. The molecule has 21 heavy (non-hydrogen) atoms. The van der Waals surface area contributed by atoms with E-state index in [0.717, 1.165) is 0 Å². The minimum absolute atomic E-state index is 0.357. The van der Waals surface area contributed by atoms with Gasteiger partial charge in [0.25, 0.3) is 0 Å². The number of aliphatic hydroxyl groups excluding tert-OH is 1. The van der Waals surface area contributed by atoms with Crippen LogP contribution in [0.5, 0.6) is 0 Å². The van der Waals surface area contributed by atoms with E-state index in [4.69, 9.17) is 0 Å². The molecule has 9 heteroatoms. The number of alkyl halides is 3. The molecule has 1 aromatic carbocycles. The second-order valence-electron chi connectivity index (χ2n) is 5.48. The van der Waals surface area contributed by atoms with E-state index in [1.807, 2.05) is 0 Å². The lowest BCUT2D eigenvalue weighted by molar-refractivity contribution is -0.207. The monoisotopic (exact) mass is 329 g/mol. The third kappa shape index (κ3) is 4.65.